The first kappa shape index (κ1) is 17.6. The molecule has 2 atom stereocenters. The van der Waals surface area contributed by atoms with Crippen LogP contribution in [0.4, 0.5) is 0 Å². The summed E-state index contributed by atoms with van der Waals surface area (Å²) in [6.45, 7) is 4.07. The topological polar surface area (TPSA) is 130 Å². The van der Waals surface area contributed by atoms with Crippen molar-refractivity contribution in [3.05, 3.63) is 17.5 Å². The number of ether oxygens (including phenoxy) is 1. The third-order valence-corrected chi connectivity index (χ3v) is 3.00. The number of carbonyl (C=O) groups is 3. The molecule has 9 heteroatoms. The van der Waals surface area contributed by atoms with Crippen molar-refractivity contribution < 1.29 is 33.9 Å². The molecule has 2 unspecified atom stereocenters. The maximum absolute atomic E-state index is 10.9. The molecule has 2 rings (SSSR count). The Morgan fingerprint density at radius 1 is 1.36 bits per heavy atom. The molecule has 1 aliphatic rings. The van der Waals surface area contributed by atoms with Crippen molar-refractivity contribution in [1.29, 1.82) is 0 Å². The van der Waals surface area contributed by atoms with Gasteiger partial charge in [0.1, 0.15) is 6.10 Å². The maximum atomic E-state index is 10.9. The lowest BCUT2D eigenvalue weighted by atomic mass is 10.1. The van der Waals surface area contributed by atoms with Crippen LogP contribution < -0.4 is 0 Å². The lowest BCUT2D eigenvalue weighted by Crippen LogP contribution is -2.21. The third-order valence-electron chi connectivity index (χ3n) is 3.00. The summed E-state index contributed by atoms with van der Waals surface area (Å²) in [5.74, 6) is -3.03. The van der Waals surface area contributed by atoms with Crippen molar-refractivity contribution in [2.75, 3.05) is 13.6 Å². The molecule has 9 nitrogen and oxygen atoms in total. The number of hydrogen-bond donors (Lipinski definition) is 2. The Morgan fingerprint density at radius 3 is 2.36 bits per heavy atom. The second kappa shape index (κ2) is 7.55. The average molecular weight is 314 g/mol. The van der Waals surface area contributed by atoms with Crippen LogP contribution in [0.2, 0.25) is 0 Å². The summed E-state index contributed by atoms with van der Waals surface area (Å²) >= 11 is 0. The molecule has 1 fully saturated rings. The van der Waals surface area contributed by atoms with Crippen molar-refractivity contribution in [2.45, 2.75) is 32.4 Å². The molecule has 0 saturated carbocycles. The van der Waals surface area contributed by atoms with Crippen LogP contribution in [0.5, 0.6) is 0 Å². The molecule has 2 heterocycles. The minimum absolute atomic E-state index is 0.0436. The van der Waals surface area contributed by atoms with Crippen molar-refractivity contribution in [3.8, 4) is 0 Å². The molecule has 0 radical (unpaired) electrons. The maximum Gasteiger partial charge on any atom is 0.414 e. The molecule has 1 aromatic rings. The lowest BCUT2D eigenvalue weighted by molar-refractivity contribution is -0.159. The number of carbonyl (C=O) groups excluding carboxylic acids is 1. The van der Waals surface area contributed by atoms with Crippen molar-refractivity contribution >= 4 is 17.9 Å². The summed E-state index contributed by atoms with van der Waals surface area (Å²) < 4.78 is 10.4. The molecule has 0 amide bonds. The molecule has 0 aromatic carbocycles. The molecule has 122 valence electrons. The zero-order valence-corrected chi connectivity index (χ0v) is 12.5. The predicted octanol–water partition coefficient (Wildman–Crippen LogP) is 0.447. The Kier molecular flexibility index (Phi) is 6.05. The number of likely N-dealkylation sites (N-methyl/N-ethyl adjacent to an activating group) is 1. The van der Waals surface area contributed by atoms with Gasteiger partial charge in [0, 0.05) is 26.0 Å². The molecule has 0 bridgehead atoms. The largest absolute Gasteiger partial charge is 0.473 e. The van der Waals surface area contributed by atoms with Gasteiger partial charge in [-0.3, -0.25) is 9.69 Å². The van der Waals surface area contributed by atoms with Gasteiger partial charge in [-0.05, 0) is 14.0 Å². The summed E-state index contributed by atoms with van der Waals surface area (Å²) in [4.78, 5) is 31.2. The van der Waals surface area contributed by atoms with E-state index in [0.29, 0.717) is 0 Å². The second-order valence-electron chi connectivity index (χ2n) is 4.90. The van der Waals surface area contributed by atoms with Gasteiger partial charge in [0.25, 0.3) is 0 Å². The van der Waals surface area contributed by atoms with E-state index in [1.807, 2.05) is 20.0 Å². The number of aryl methyl sites for hydroxylation is 1. The number of likely N-dealkylation sites (tertiary alicyclic amines) is 1. The summed E-state index contributed by atoms with van der Waals surface area (Å²) in [7, 11) is 1.99. The summed E-state index contributed by atoms with van der Waals surface area (Å²) in [5.41, 5.74) is 0.874. The number of hydrogen-bond acceptors (Lipinski definition) is 7. The fourth-order valence-electron chi connectivity index (χ4n) is 2.15. The van der Waals surface area contributed by atoms with Crippen LogP contribution in [-0.2, 0) is 19.1 Å². The van der Waals surface area contributed by atoms with E-state index < -0.39 is 11.9 Å². The highest BCUT2D eigenvalue weighted by Crippen LogP contribution is 2.32. The molecule has 2 N–H and O–H groups in total. The number of rotatable bonds is 2. The van der Waals surface area contributed by atoms with Gasteiger partial charge in [-0.25, -0.2) is 9.59 Å². The van der Waals surface area contributed by atoms with Crippen molar-refractivity contribution in [3.63, 3.8) is 0 Å². The summed E-state index contributed by atoms with van der Waals surface area (Å²) in [6, 6.07) is 2.09. The number of nitrogens with zero attached hydrogens (tertiary/aromatic N) is 2. The number of carboxylic acid groups (broad SMARTS) is 2. The Balaban J connectivity index is 0.000000346. The monoisotopic (exact) mass is 314 g/mol. The minimum Gasteiger partial charge on any atom is -0.473 e. The van der Waals surface area contributed by atoms with Gasteiger partial charge in [0.15, 0.2) is 5.76 Å². The van der Waals surface area contributed by atoms with E-state index in [9.17, 15) is 4.79 Å². The van der Waals surface area contributed by atoms with Gasteiger partial charge in [-0.1, -0.05) is 5.16 Å². The van der Waals surface area contributed by atoms with Gasteiger partial charge in [-0.15, -0.1) is 0 Å². The molecule has 0 spiro atoms. The first-order chi connectivity index (χ1) is 10.2. The quantitative estimate of drug-likeness (QED) is 0.590. The molecular weight excluding hydrogens is 296 g/mol. The van der Waals surface area contributed by atoms with E-state index in [1.165, 1.54) is 6.92 Å². The van der Waals surface area contributed by atoms with E-state index in [2.05, 4.69) is 10.1 Å². The van der Waals surface area contributed by atoms with E-state index >= 15 is 0 Å². The smallest absolute Gasteiger partial charge is 0.414 e. The van der Waals surface area contributed by atoms with Crippen LogP contribution in [0.15, 0.2) is 10.6 Å². The van der Waals surface area contributed by atoms with Crippen LogP contribution in [0.3, 0.4) is 0 Å². The van der Waals surface area contributed by atoms with E-state index in [0.717, 1.165) is 24.4 Å². The number of aliphatic carboxylic acids is 2. The summed E-state index contributed by atoms with van der Waals surface area (Å²) in [6.07, 6.45) is 0.725. The van der Waals surface area contributed by atoms with E-state index in [1.54, 1.807) is 0 Å². The average Bonchev–Trinajstić information content (AvgIpc) is 2.95. The fraction of sp³-hybridized carbons (Fsp3) is 0.538. The first-order valence-corrected chi connectivity index (χ1v) is 6.47. The Bertz CT molecular complexity index is 542. The zero-order chi connectivity index (χ0) is 16.9. The molecule has 0 aliphatic carbocycles. The van der Waals surface area contributed by atoms with Crippen LogP contribution in [0, 0.1) is 6.92 Å². The Morgan fingerprint density at radius 2 is 1.95 bits per heavy atom. The van der Waals surface area contributed by atoms with Gasteiger partial charge < -0.3 is 19.5 Å². The zero-order valence-electron chi connectivity index (χ0n) is 12.5. The standard InChI is InChI=1S/C11H16N2O3.C2H2O4/c1-7-4-11(16-12-7)10-5-9(6-13(10)3)15-8(2)14;3-1(4)2(5)6/h4,9-10H,5-6H2,1-3H3;(H,3,4)(H,5,6). The van der Waals surface area contributed by atoms with Crippen LogP contribution >= 0.6 is 0 Å². The molecule has 1 aliphatic heterocycles. The Hall–Kier alpha value is -2.42. The summed E-state index contributed by atoms with van der Waals surface area (Å²) in [5, 5.41) is 18.7. The normalized spacial score (nSPS) is 20.9. The van der Waals surface area contributed by atoms with Crippen molar-refractivity contribution in [2.24, 2.45) is 0 Å². The van der Waals surface area contributed by atoms with Crippen molar-refractivity contribution in [1.82, 2.24) is 10.1 Å². The van der Waals surface area contributed by atoms with Crippen LogP contribution in [0.1, 0.15) is 30.8 Å². The van der Waals surface area contributed by atoms with Crippen LogP contribution in [-0.4, -0.2) is 57.9 Å². The third kappa shape index (κ3) is 5.17. The fourth-order valence-corrected chi connectivity index (χ4v) is 2.15. The van der Waals surface area contributed by atoms with Gasteiger partial charge in [-0.2, -0.15) is 0 Å². The van der Waals surface area contributed by atoms with Gasteiger partial charge in [0.05, 0.1) is 11.7 Å². The van der Waals surface area contributed by atoms with Gasteiger partial charge >= 0.3 is 17.9 Å². The Labute approximate surface area is 126 Å². The predicted molar refractivity (Wildman–Crippen MR) is 72.1 cm³/mol. The number of carboxylic acids is 2. The second-order valence-corrected chi connectivity index (χ2v) is 4.90. The SMILES string of the molecule is CC(=O)OC1CC(c2cc(C)no2)N(C)C1.O=C(O)C(=O)O. The molecular formula is C13H18N2O7. The number of aromatic nitrogens is 1. The first-order valence-electron chi connectivity index (χ1n) is 6.47. The number of esters is 1. The highest BCUT2D eigenvalue weighted by Gasteiger charge is 2.34. The van der Waals surface area contributed by atoms with Crippen LogP contribution in [0.25, 0.3) is 0 Å². The molecule has 1 saturated heterocycles. The highest BCUT2D eigenvalue weighted by molar-refractivity contribution is 6.27. The minimum atomic E-state index is -1.82. The molecule has 22 heavy (non-hydrogen) atoms. The van der Waals surface area contributed by atoms with E-state index in [-0.39, 0.29) is 18.1 Å². The lowest BCUT2D eigenvalue weighted by Gasteiger charge is -2.14. The van der Waals surface area contributed by atoms with E-state index in [4.69, 9.17) is 29.1 Å². The van der Waals surface area contributed by atoms with Gasteiger partial charge in [0.2, 0.25) is 0 Å². The molecule has 1 aromatic heterocycles. The highest BCUT2D eigenvalue weighted by atomic mass is 16.5.